The predicted octanol–water partition coefficient (Wildman–Crippen LogP) is 6.73. The second-order valence-corrected chi connectivity index (χ2v) is 13.8. The summed E-state index contributed by atoms with van der Waals surface area (Å²) >= 11 is 6.25. The molecule has 2 atom stereocenters. The molecule has 5 N–H and O–H groups in total. The zero-order valence-electron chi connectivity index (χ0n) is 27.0. The summed E-state index contributed by atoms with van der Waals surface area (Å²) in [6.07, 6.45) is -3.22. The second kappa shape index (κ2) is 15.8. The normalized spacial score (nSPS) is 15.0. The monoisotopic (exact) mass is 753 g/mol. The summed E-state index contributed by atoms with van der Waals surface area (Å²) in [5.41, 5.74) is 7.22. The molecular weight excluding hydrogens is 722 g/mol. The minimum atomic E-state index is -5.08. The topological polar surface area (TPSA) is 181 Å². The van der Waals surface area contributed by atoms with Crippen LogP contribution in [0.4, 0.5) is 39.5 Å². The number of sulfone groups is 1. The number of aliphatic carboxylic acids is 1. The Labute approximate surface area is 294 Å². The van der Waals surface area contributed by atoms with Crippen molar-refractivity contribution >= 4 is 67.4 Å². The summed E-state index contributed by atoms with van der Waals surface area (Å²) in [4.78, 5) is 41.0. The SMILES string of the molecule is CCS(=O)(=O)c1ccc(NC(=O)OC)cc1[C@H]1CCCN1C(=O)[C@H](Nc1ccc2c(N)nccc2c1)c1cc(Cl)ccc1F.O=C(O)C(F)(F)F. The van der Waals surface area contributed by atoms with E-state index < -0.39 is 51.9 Å². The van der Waals surface area contributed by atoms with E-state index in [0.29, 0.717) is 42.1 Å². The standard InChI is InChI=1S/C31H31ClFN5O5S.C2HF3O2/c1-3-44(41,42)27-11-8-21(37-31(40)43-2)17-24(27)26-5-4-14-38(26)30(39)28(23-16-19(32)6-10-25(23)33)36-20-7-9-22-18(15-20)12-13-35-29(22)34;3-2(4,5)1(6)7/h6-13,15-17,26,28,36H,3-5,14H2,1-2H3,(H2,34,35)(H,37,40);(H,6,7)/t26-,28-;/m1./s1. The van der Waals surface area contributed by atoms with Crippen molar-refractivity contribution in [2.45, 2.75) is 42.9 Å². The number of amides is 2. The van der Waals surface area contributed by atoms with Crippen LogP contribution >= 0.6 is 11.6 Å². The van der Waals surface area contributed by atoms with Crippen LogP contribution in [0, 0.1) is 5.82 Å². The number of nitrogen functional groups attached to an aromatic ring is 1. The van der Waals surface area contributed by atoms with Gasteiger partial charge in [0.15, 0.2) is 9.84 Å². The number of carboxylic acid groups (broad SMARTS) is 1. The Morgan fingerprint density at radius 2 is 1.78 bits per heavy atom. The molecule has 5 rings (SSSR count). The maximum Gasteiger partial charge on any atom is 0.490 e. The number of benzene rings is 3. The molecule has 51 heavy (non-hydrogen) atoms. The van der Waals surface area contributed by atoms with Crippen LogP contribution in [-0.2, 0) is 24.2 Å². The molecule has 3 aromatic carbocycles. The molecule has 0 bridgehead atoms. The summed E-state index contributed by atoms with van der Waals surface area (Å²) < 4.78 is 78.1. The average molecular weight is 754 g/mol. The minimum absolute atomic E-state index is 0.0324. The van der Waals surface area contributed by atoms with Gasteiger partial charge in [-0.05, 0) is 84.5 Å². The molecule has 2 amide bonds. The second-order valence-electron chi connectivity index (χ2n) is 11.1. The third-order valence-corrected chi connectivity index (χ3v) is 9.95. The van der Waals surface area contributed by atoms with E-state index >= 15 is 4.39 Å². The lowest BCUT2D eigenvalue weighted by Crippen LogP contribution is -2.38. The number of ether oxygens (including phenoxy) is 1. The van der Waals surface area contributed by atoms with E-state index in [-0.39, 0.29) is 21.2 Å². The van der Waals surface area contributed by atoms with Gasteiger partial charge in [-0.15, -0.1) is 0 Å². The first-order valence-corrected chi connectivity index (χ1v) is 17.2. The third kappa shape index (κ3) is 9.15. The highest BCUT2D eigenvalue weighted by atomic mass is 35.5. The molecule has 0 unspecified atom stereocenters. The molecule has 272 valence electrons. The average Bonchev–Trinajstić information content (AvgIpc) is 3.58. The van der Waals surface area contributed by atoms with Crippen LogP contribution in [0.25, 0.3) is 10.8 Å². The Balaban J connectivity index is 0.000000755. The smallest absolute Gasteiger partial charge is 0.475 e. The van der Waals surface area contributed by atoms with Crippen molar-refractivity contribution in [2.75, 3.05) is 35.8 Å². The van der Waals surface area contributed by atoms with Crippen molar-refractivity contribution in [2.24, 2.45) is 0 Å². The van der Waals surface area contributed by atoms with Gasteiger partial charge in [0.1, 0.15) is 17.7 Å². The number of nitrogens with zero attached hydrogens (tertiary/aromatic N) is 2. The number of halogens is 5. The minimum Gasteiger partial charge on any atom is -0.475 e. The number of likely N-dealkylation sites (tertiary alicyclic amines) is 1. The number of carbonyl (C=O) groups excluding carboxylic acids is 2. The molecule has 1 aliphatic rings. The largest absolute Gasteiger partial charge is 0.490 e. The van der Waals surface area contributed by atoms with Gasteiger partial charge < -0.3 is 25.8 Å². The first kappa shape index (κ1) is 38.6. The molecule has 0 aliphatic carbocycles. The number of rotatable bonds is 8. The molecule has 12 nitrogen and oxygen atoms in total. The summed E-state index contributed by atoms with van der Waals surface area (Å²) in [5.74, 6) is -3.68. The van der Waals surface area contributed by atoms with E-state index in [1.54, 1.807) is 41.4 Å². The van der Waals surface area contributed by atoms with E-state index in [1.165, 1.54) is 44.4 Å². The summed E-state index contributed by atoms with van der Waals surface area (Å²) in [6.45, 7) is 1.83. The van der Waals surface area contributed by atoms with E-state index in [9.17, 15) is 31.2 Å². The zero-order chi connectivity index (χ0) is 37.7. The molecule has 0 saturated carbocycles. The lowest BCUT2D eigenvalue weighted by atomic mass is 10.0. The van der Waals surface area contributed by atoms with Crippen molar-refractivity contribution in [1.29, 1.82) is 0 Å². The van der Waals surface area contributed by atoms with Crippen molar-refractivity contribution in [1.82, 2.24) is 9.88 Å². The number of nitrogens with one attached hydrogen (secondary N) is 2. The fraction of sp³-hybridized carbons (Fsp3) is 0.273. The molecule has 0 radical (unpaired) electrons. The van der Waals surface area contributed by atoms with Crippen molar-refractivity contribution in [3.63, 3.8) is 0 Å². The van der Waals surface area contributed by atoms with Crippen LogP contribution in [0.15, 0.2) is 71.8 Å². The molecule has 2 heterocycles. The van der Waals surface area contributed by atoms with Crippen LogP contribution in [-0.4, -0.2) is 67.0 Å². The highest BCUT2D eigenvalue weighted by molar-refractivity contribution is 7.91. The van der Waals surface area contributed by atoms with Gasteiger partial charge in [0.25, 0.3) is 0 Å². The van der Waals surface area contributed by atoms with Crippen LogP contribution < -0.4 is 16.4 Å². The fourth-order valence-corrected chi connectivity index (χ4v) is 6.80. The number of fused-ring (bicyclic) bond motifs is 1. The van der Waals surface area contributed by atoms with Crippen molar-refractivity contribution in [3.8, 4) is 0 Å². The summed E-state index contributed by atoms with van der Waals surface area (Å²) in [6, 6.07) is 13.6. The number of hydrogen-bond donors (Lipinski definition) is 4. The Kier molecular flexibility index (Phi) is 12.0. The van der Waals surface area contributed by atoms with Gasteiger partial charge in [-0.1, -0.05) is 18.5 Å². The van der Waals surface area contributed by atoms with Crippen LogP contribution in [0.1, 0.15) is 43.0 Å². The van der Waals surface area contributed by atoms with Gasteiger partial charge in [0.2, 0.25) is 5.91 Å². The van der Waals surface area contributed by atoms with E-state index in [4.69, 9.17) is 32.0 Å². The Morgan fingerprint density at radius 3 is 2.43 bits per heavy atom. The number of pyridine rings is 1. The maximum atomic E-state index is 15.3. The number of carboxylic acids is 1. The molecule has 1 aromatic heterocycles. The van der Waals surface area contributed by atoms with Gasteiger partial charge in [0.05, 0.1) is 23.8 Å². The number of anilines is 3. The highest BCUT2D eigenvalue weighted by Crippen LogP contribution is 2.40. The first-order valence-electron chi connectivity index (χ1n) is 15.1. The number of carbonyl (C=O) groups is 3. The van der Waals surface area contributed by atoms with Gasteiger partial charge in [-0.3, -0.25) is 10.1 Å². The van der Waals surface area contributed by atoms with E-state index in [1.807, 2.05) is 0 Å². The number of methoxy groups -OCH3 is 1. The number of nitrogens with two attached hydrogens (primary N) is 1. The van der Waals surface area contributed by atoms with Crippen molar-refractivity contribution < 1.29 is 50.2 Å². The molecular formula is C33H32ClF4N5O7S. The quantitative estimate of drug-likeness (QED) is 0.141. The van der Waals surface area contributed by atoms with Crippen LogP contribution in [0.5, 0.6) is 0 Å². The van der Waals surface area contributed by atoms with Crippen molar-refractivity contribution in [3.05, 3.63) is 88.8 Å². The summed E-state index contributed by atoms with van der Waals surface area (Å²) in [5, 5.41) is 14.6. The fourth-order valence-electron chi connectivity index (χ4n) is 5.48. The first-order chi connectivity index (χ1) is 24.0. The third-order valence-electron chi connectivity index (χ3n) is 7.92. The Morgan fingerprint density at radius 1 is 1.10 bits per heavy atom. The Hall–Kier alpha value is -5.16. The molecule has 1 saturated heterocycles. The van der Waals surface area contributed by atoms with Gasteiger partial charge in [-0.25, -0.2) is 27.4 Å². The molecule has 1 fully saturated rings. The number of hydrogen-bond acceptors (Lipinski definition) is 9. The van der Waals surface area contributed by atoms with Gasteiger partial charge in [-0.2, -0.15) is 13.2 Å². The van der Waals surface area contributed by atoms with E-state index in [0.717, 1.165) is 10.8 Å². The van der Waals surface area contributed by atoms with Gasteiger partial charge >= 0.3 is 18.2 Å². The van der Waals surface area contributed by atoms with Gasteiger partial charge in [0, 0.05) is 40.1 Å². The number of alkyl halides is 3. The lowest BCUT2D eigenvalue weighted by molar-refractivity contribution is -0.192. The molecule has 1 aliphatic heterocycles. The molecule has 18 heteroatoms. The summed E-state index contributed by atoms with van der Waals surface area (Å²) in [7, 11) is -2.50. The highest BCUT2D eigenvalue weighted by Gasteiger charge is 2.39. The lowest BCUT2D eigenvalue weighted by Gasteiger charge is -2.31. The van der Waals surface area contributed by atoms with Crippen LogP contribution in [0.2, 0.25) is 5.02 Å². The van der Waals surface area contributed by atoms with E-state index in [2.05, 4.69) is 15.6 Å². The Bertz CT molecular complexity index is 2070. The zero-order valence-corrected chi connectivity index (χ0v) is 28.6. The van der Waals surface area contributed by atoms with Crippen LogP contribution in [0.3, 0.4) is 0 Å². The number of aromatic nitrogens is 1. The molecule has 4 aromatic rings. The maximum absolute atomic E-state index is 15.3. The predicted molar refractivity (Wildman–Crippen MR) is 182 cm³/mol. The molecule has 0 spiro atoms.